The topological polar surface area (TPSA) is 66.5 Å². The minimum Gasteiger partial charge on any atom is -0.303 e. The summed E-state index contributed by atoms with van der Waals surface area (Å²) in [5.41, 5.74) is 0.957. The highest BCUT2D eigenvalue weighted by Crippen LogP contribution is 2.34. The van der Waals surface area contributed by atoms with Gasteiger partial charge in [0.25, 0.3) is 5.91 Å². The maximum atomic E-state index is 13.8. The molecule has 0 aliphatic carbocycles. The number of anilines is 1. The molecule has 1 amide bonds. The summed E-state index contributed by atoms with van der Waals surface area (Å²) in [5.74, 6) is -1.22. The summed E-state index contributed by atoms with van der Waals surface area (Å²) in [6.07, 6.45) is -4.02. The second-order valence-electron chi connectivity index (χ2n) is 9.04. The molecule has 0 radical (unpaired) electrons. The molecular weight excluding hydrogens is 544 g/mol. The fraction of sp³-hybridized carbons (Fsp3) is 0.167. The molecule has 0 atom stereocenters. The van der Waals surface area contributed by atoms with Gasteiger partial charge in [-0.1, -0.05) is 55.5 Å². The van der Waals surface area contributed by atoms with Crippen LogP contribution < -0.4 is 9.62 Å². The molecule has 208 valence electrons. The molecule has 4 rings (SSSR count). The number of amides is 1. The van der Waals surface area contributed by atoms with Gasteiger partial charge < -0.3 is 4.90 Å². The van der Waals surface area contributed by atoms with E-state index in [1.54, 1.807) is 19.1 Å². The standard InChI is InChI=1S/C30H26F4N2O3S/c1-2-18-35-40(38,39)28-17-12-24(22-6-4-3-5-7-22)19-27(28)36(29(37)23-10-15-26(31)16-11-23)20-21-8-13-25(14-9-21)30(32,33)34/h3-17,19,35H,2,18,20H2,1H3. The lowest BCUT2D eigenvalue weighted by molar-refractivity contribution is -0.137. The molecule has 0 aliphatic rings. The Morgan fingerprint density at radius 2 is 1.50 bits per heavy atom. The fourth-order valence-corrected chi connectivity index (χ4v) is 5.40. The van der Waals surface area contributed by atoms with Crippen molar-refractivity contribution in [2.75, 3.05) is 11.4 Å². The highest BCUT2D eigenvalue weighted by molar-refractivity contribution is 7.89. The van der Waals surface area contributed by atoms with E-state index in [4.69, 9.17) is 0 Å². The molecule has 0 saturated heterocycles. The van der Waals surface area contributed by atoms with Crippen LogP contribution in [0.1, 0.15) is 34.8 Å². The van der Waals surface area contributed by atoms with Gasteiger partial charge in [-0.15, -0.1) is 0 Å². The van der Waals surface area contributed by atoms with Crippen molar-refractivity contribution in [1.82, 2.24) is 4.72 Å². The quantitative estimate of drug-likeness (QED) is 0.220. The zero-order valence-corrected chi connectivity index (χ0v) is 22.3. The lowest BCUT2D eigenvalue weighted by atomic mass is 10.0. The number of carbonyl (C=O) groups excluding carboxylic acids is 1. The molecule has 40 heavy (non-hydrogen) atoms. The summed E-state index contributed by atoms with van der Waals surface area (Å²) >= 11 is 0. The van der Waals surface area contributed by atoms with Crippen LogP contribution in [0.3, 0.4) is 0 Å². The first-order valence-corrected chi connectivity index (χ1v) is 13.9. The SMILES string of the molecule is CCCNS(=O)(=O)c1ccc(-c2ccccc2)cc1N(Cc1ccc(C(F)(F)F)cc1)C(=O)c1ccc(F)cc1. The second kappa shape index (κ2) is 12.0. The molecule has 0 saturated carbocycles. The van der Waals surface area contributed by atoms with E-state index in [1.807, 2.05) is 30.3 Å². The predicted octanol–water partition coefficient (Wildman–Crippen LogP) is 7.05. The number of sulfonamides is 1. The molecule has 4 aromatic rings. The molecule has 0 heterocycles. The van der Waals surface area contributed by atoms with Gasteiger partial charge >= 0.3 is 6.18 Å². The van der Waals surface area contributed by atoms with E-state index in [0.717, 1.165) is 29.8 Å². The molecular formula is C30H26F4N2O3S. The fourth-order valence-electron chi connectivity index (χ4n) is 4.08. The third-order valence-corrected chi connectivity index (χ3v) is 7.66. The van der Waals surface area contributed by atoms with Gasteiger partial charge in [-0.25, -0.2) is 17.5 Å². The predicted molar refractivity (Wildman–Crippen MR) is 146 cm³/mol. The first-order chi connectivity index (χ1) is 19.0. The number of nitrogens with one attached hydrogen (secondary N) is 1. The van der Waals surface area contributed by atoms with Crippen molar-refractivity contribution in [1.29, 1.82) is 0 Å². The van der Waals surface area contributed by atoms with Crippen molar-refractivity contribution < 1.29 is 30.8 Å². The third-order valence-electron chi connectivity index (χ3n) is 6.15. The minimum atomic E-state index is -4.54. The number of nitrogens with zero attached hydrogens (tertiary/aromatic N) is 1. The summed E-state index contributed by atoms with van der Waals surface area (Å²) in [7, 11) is -4.09. The van der Waals surface area contributed by atoms with Crippen LogP contribution in [0.5, 0.6) is 0 Å². The minimum absolute atomic E-state index is 0.0270. The van der Waals surface area contributed by atoms with Crippen LogP contribution in [-0.4, -0.2) is 20.9 Å². The van der Waals surface area contributed by atoms with Crippen LogP contribution in [0, 0.1) is 5.82 Å². The van der Waals surface area contributed by atoms with Gasteiger partial charge in [-0.3, -0.25) is 4.79 Å². The Labute approximate surface area is 230 Å². The van der Waals surface area contributed by atoms with Crippen molar-refractivity contribution in [3.05, 3.63) is 120 Å². The Morgan fingerprint density at radius 1 is 0.850 bits per heavy atom. The lowest BCUT2D eigenvalue weighted by Gasteiger charge is -2.26. The summed E-state index contributed by atoms with van der Waals surface area (Å²) in [6.45, 7) is 1.72. The number of hydrogen-bond acceptors (Lipinski definition) is 3. The Morgan fingerprint density at radius 3 is 2.10 bits per heavy atom. The molecule has 0 aliphatic heterocycles. The number of alkyl halides is 3. The van der Waals surface area contributed by atoms with Crippen molar-refractivity contribution >= 4 is 21.6 Å². The highest BCUT2D eigenvalue weighted by Gasteiger charge is 2.31. The van der Waals surface area contributed by atoms with E-state index < -0.39 is 33.5 Å². The molecule has 0 aromatic heterocycles. The van der Waals surface area contributed by atoms with Crippen LogP contribution in [0.2, 0.25) is 0 Å². The summed E-state index contributed by atoms with van der Waals surface area (Å²) in [6, 6.07) is 22.7. The lowest BCUT2D eigenvalue weighted by Crippen LogP contribution is -2.33. The normalized spacial score (nSPS) is 11.8. The van der Waals surface area contributed by atoms with E-state index in [2.05, 4.69) is 4.72 Å². The summed E-state index contributed by atoms with van der Waals surface area (Å²) in [4.78, 5) is 14.8. The van der Waals surface area contributed by atoms with E-state index in [1.165, 1.54) is 35.2 Å². The Balaban J connectivity index is 1.89. The van der Waals surface area contributed by atoms with E-state index in [-0.39, 0.29) is 29.2 Å². The number of hydrogen-bond donors (Lipinski definition) is 1. The van der Waals surface area contributed by atoms with Gasteiger partial charge in [0.05, 0.1) is 17.8 Å². The van der Waals surface area contributed by atoms with Gasteiger partial charge in [0, 0.05) is 12.1 Å². The Kier molecular flexibility index (Phi) is 8.70. The van der Waals surface area contributed by atoms with Gasteiger partial charge in [0.15, 0.2) is 0 Å². The number of benzene rings is 4. The van der Waals surface area contributed by atoms with Crippen LogP contribution in [0.25, 0.3) is 11.1 Å². The van der Waals surface area contributed by atoms with Gasteiger partial charge in [0.1, 0.15) is 10.7 Å². The van der Waals surface area contributed by atoms with Crippen LogP contribution >= 0.6 is 0 Å². The largest absolute Gasteiger partial charge is 0.416 e. The van der Waals surface area contributed by atoms with Crippen molar-refractivity contribution in [2.24, 2.45) is 0 Å². The molecule has 0 unspecified atom stereocenters. The summed E-state index contributed by atoms with van der Waals surface area (Å²) < 4.78 is 82.3. The first kappa shape index (κ1) is 29.0. The third kappa shape index (κ3) is 6.75. The smallest absolute Gasteiger partial charge is 0.303 e. The van der Waals surface area contributed by atoms with Crippen LogP contribution in [0.15, 0.2) is 102 Å². The maximum absolute atomic E-state index is 13.8. The zero-order valence-electron chi connectivity index (χ0n) is 21.5. The molecule has 10 heteroatoms. The monoisotopic (exact) mass is 570 g/mol. The molecule has 1 N–H and O–H groups in total. The number of halogens is 4. The first-order valence-electron chi connectivity index (χ1n) is 12.4. The number of carbonyl (C=O) groups is 1. The van der Waals surface area contributed by atoms with E-state index >= 15 is 0 Å². The Bertz CT molecular complexity index is 1570. The molecule has 0 fully saturated rings. The second-order valence-corrected chi connectivity index (χ2v) is 10.8. The average molecular weight is 571 g/mol. The van der Waals surface area contributed by atoms with Crippen molar-refractivity contribution in [3.63, 3.8) is 0 Å². The van der Waals surface area contributed by atoms with Crippen molar-refractivity contribution in [2.45, 2.75) is 31.0 Å². The van der Waals surface area contributed by atoms with Crippen molar-refractivity contribution in [3.8, 4) is 11.1 Å². The molecule has 0 spiro atoms. The average Bonchev–Trinajstić information content (AvgIpc) is 2.95. The number of rotatable bonds is 9. The molecule has 5 nitrogen and oxygen atoms in total. The van der Waals surface area contributed by atoms with Gasteiger partial charge in [-0.05, 0) is 71.6 Å². The molecule has 0 bridgehead atoms. The Hall–Kier alpha value is -4.02. The maximum Gasteiger partial charge on any atom is 0.416 e. The molecule has 4 aromatic carbocycles. The van der Waals surface area contributed by atoms with Gasteiger partial charge in [-0.2, -0.15) is 13.2 Å². The highest BCUT2D eigenvalue weighted by atomic mass is 32.2. The van der Waals surface area contributed by atoms with E-state index in [9.17, 15) is 30.8 Å². The zero-order chi connectivity index (χ0) is 28.9. The summed E-state index contributed by atoms with van der Waals surface area (Å²) in [5, 5.41) is 0. The van der Waals surface area contributed by atoms with Gasteiger partial charge in [0.2, 0.25) is 10.0 Å². The van der Waals surface area contributed by atoms with Crippen LogP contribution in [-0.2, 0) is 22.7 Å². The van der Waals surface area contributed by atoms with E-state index in [0.29, 0.717) is 17.5 Å². The van der Waals surface area contributed by atoms with Crippen LogP contribution in [0.4, 0.5) is 23.2 Å².